The SMILES string of the molecule is FCC#P. The first-order valence-electron chi connectivity index (χ1n) is 0.844. The average molecular weight is 76.0 g/mol. The van der Waals surface area contributed by atoms with Crippen molar-refractivity contribution in [3.63, 3.8) is 0 Å². The first-order chi connectivity index (χ1) is 1.91. The quantitative estimate of drug-likeness (QED) is 0.382. The summed E-state index contributed by atoms with van der Waals surface area (Å²) in [5, 5.41) is 0. The summed E-state index contributed by atoms with van der Waals surface area (Å²) in [6, 6.07) is 0. The molecule has 0 amide bonds. The summed E-state index contributed by atoms with van der Waals surface area (Å²) in [7, 11) is 3.30. The van der Waals surface area contributed by atoms with Crippen molar-refractivity contribution < 1.29 is 4.39 Å². The van der Waals surface area contributed by atoms with E-state index in [-0.39, 0.29) is 0 Å². The molecule has 2 heteroatoms. The monoisotopic (exact) mass is 76.0 g/mol. The molecule has 0 aromatic heterocycles. The Balaban J connectivity index is 2.43. The first-order valence-corrected chi connectivity index (χ1v) is 1.29. The summed E-state index contributed by atoms with van der Waals surface area (Å²) >= 11 is 0. The molecule has 0 heterocycles. The second-order valence-electron chi connectivity index (χ2n) is 0.292. The summed E-state index contributed by atoms with van der Waals surface area (Å²) in [4.78, 5) is 0. The summed E-state index contributed by atoms with van der Waals surface area (Å²) in [5.74, 6) is 0. The fourth-order valence-corrected chi connectivity index (χ4v) is 0. The molecule has 0 saturated carbocycles. The molecule has 0 atom stereocenters. The van der Waals surface area contributed by atoms with Gasteiger partial charge in [0.25, 0.3) is 0 Å². The van der Waals surface area contributed by atoms with Crippen LogP contribution in [-0.4, -0.2) is 6.67 Å². The van der Waals surface area contributed by atoms with E-state index in [9.17, 15) is 4.39 Å². The summed E-state index contributed by atoms with van der Waals surface area (Å²) < 4.78 is 10.5. The van der Waals surface area contributed by atoms with Crippen molar-refractivity contribution in [2.75, 3.05) is 6.67 Å². The molecule has 0 rings (SSSR count). The van der Waals surface area contributed by atoms with Gasteiger partial charge in [-0.3, -0.25) is 0 Å². The third-order valence-corrected chi connectivity index (χ3v) is 0.179. The van der Waals surface area contributed by atoms with Crippen LogP contribution >= 0.6 is 8.70 Å². The Kier molecular flexibility index (Phi) is 3.25. The van der Waals surface area contributed by atoms with Crippen LogP contribution in [0, 0.1) is 5.63 Å². The van der Waals surface area contributed by atoms with Crippen LogP contribution in [0.1, 0.15) is 0 Å². The minimum absolute atomic E-state index is 0.566. The van der Waals surface area contributed by atoms with Gasteiger partial charge in [0.2, 0.25) is 0 Å². The van der Waals surface area contributed by atoms with Crippen molar-refractivity contribution >= 4 is 8.70 Å². The average Bonchev–Trinajstić information content (AvgIpc) is 1.37. The van der Waals surface area contributed by atoms with Crippen LogP contribution < -0.4 is 0 Å². The second kappa shape index (κ2) is 3.14. The zero-order valence-corrected chi connectivity index (χ0v) is 2.93. The Morgan fingerprint density at radius 3 is 2.25 bits per heavy atom. The van der Waals surface area contributed by atoms with E-state index in [1.165, 1.54) is 0 Å². The number of alkyl halides is 1. The molecule has 0 aromatic carbocycles. The van der Waals surface area contributed by atoms with E-state index >= 15 is 0 Å². The van der Waals surface area contributed by atoms with E-state index in [0.717, 1.165) is 0 Å². The fraction of sp³-hybridized carbons (Fsp3) is 0.500. The molecule has 0 N–H and O–H groups in total. The Labute approximate surface area is 26.5 Å². The van der Waals surface area contributed by atoms with E-state index in [1.54, 1.807) is 0 Å². The van der Waals surface area contributed by atoms with Crippen LogP contribution in [0.5, 0.6) is 0 Å². The molecular weight excluding hydrogens is 74.0 g/mol. The van der Waals surface area contributed by atoms with Gasteiger partial charge in [0.05, 0.1) is 0 Å². The van der Waals surface area contributed by atoms with Crippen molar-refractivity contribution in [1.29, 1.82) is 0 Å². The molecule has 22 valence electrons. The molecule has 4 heavy (non-hydrogen) atoms. The predicted molar refractivity (Wildman–Crippen MR) is 16.8 cm³/mol. The summed E-state index contributed by atoms with van der Waals surface area (Å²) in [6.07, 6.45) is 0. The van der Waals surface area contributed by atoms with Crippen molar-refractivity contribution in [2.24, 2.45) is 0 Å². The number of halogens is 1. The Morgan fingerprint density at radius 2 is 2.25 bits per heavy atom. The molecule has 0 saturated heterocycles. The molecule has 0 nitrogen and oxygen atoms in total. The third-order valence-electron chi connectivity index (χ3n) is 0.0598. The number of hydrogen-bond donors (Lipinski definition) is 0. The van der Waals surface area contributed by atoms with Crippen LogP contribution in [-0.2, 0) is 0 Å². The van der Waals surface area contributed by atoms with Gasteiger partial charge in [-0.1, -0.05) is 0 Å². The molecule has 0 aliphatic carbocycles. The molecule has 0 aromatic rings. The fourth-order valence-electron chi connectivity index (χ4n) is 0. The first kappa shape index (κ1) is 4.14. The Morgan fingerprint density at radius 1 is 2.00 bits per heavy atom. The number of rotatable bonds is 0. The van der Waals surface area contributed by atoms with Crippen molar-refractivity contribution in [3.8, 4) is 5.63 Å². The van der Waals surface area contributed by atoms with Gasteiger partial charge < -0.3 is 0 Å². The summed E-state index contributed by atoms with van der Waals surface area (Å²) in [5.41, 5.74) is 1.96. The standard InChI is InChI=1S/C2H2FP/c3-1-2-4/h1H2. The van der Waals surface area contributed by atoms with Crippen molar-refractivity contribution in [1.82, 2.24) is 0 Å². The van der Waals surface area contributed by atoms with Crippen LogP contribution in [0.4, 0.5) is 4.39 Å². The molecule has 0 fully saturated rings. The normalized spacial score (nSPS) is 5.00. The maximum absolute atomic E-state index is 10.5. The Bertz CT molecular complexity index is 35.8. The van der Waals surface area contributed by atoms with Crippen molar-refractivity contribution in [3.05, 3.63) is 0 Å². The maximum atomic E-state index is 10.5. The third kappa shape index (κ3) is 2.14. The molecule has 0 aliphatic heterocycles. The summed E-state index contributed by atoms with van der Waals surface area (Å²) in [6.45, 7) is -0.566. The van der Waals surface area contributed by atoms with Crippen LogP contribution in [0.2, 0.25) is 0 Å². The Hall–Kier alpha value is 0.140. The van der Waals surface area contributed by atoms with Gasteiger partial charge in [-0.15, -0.1) is 0 Å². The molecular formula is C2H2FP. The van der Waals surface area contributed by atoms with Gasteiger partial charge in [0.15, 0.2) is 0 Å². The second-order valence-corrected chi connectivity index (χ2v) is 0.608. The van der Waals surface area contributed by atoms with E-state index in [0.29, 0.717) is 0 Å². The topological polar surface area (TPSA) is 0 Å². The van der Waals surface area contributed by atoms with Crippen LogP contribution in [0.25, 0.3) is 0 Å². The molecule has 0 radical (unpaired) electrons. The van der Waals surface area contributed by atoms with E-state index in [4.69, 9.17) is 0 Å². The van der Waals surface area contributed by atoms with Gasteiger partial charge in [-0.05, 0) is 0 Å². The predicted octanol–water partition coefficient (Wildman–Crippen LogP) is 1.33. The minimum atomic E-state index is -0.566. The zero-order chi connectivity index (χ0) is 3.41. The van der Waals surface area contributed by atoms with Gasteiger partial charge in [0.1, 0.15) is 0 Å². The van der Waals surface area contributed by atoms with Crippen molar-refractivity contribution in [2.45, 2.75) is 0 Å². The van der Waals surface area contributed by atoms with E-state index in [2.05, 4.69) is 8.70 Å². The van der Waals surface area contributed by atoms with Gasteiger partial charge in [-0.2, -0.15) is 0 Å². The molecule has 0 aliphatic rings. The molecule has 0 unspecified atom stereocenters. The molecule has 0 spiro atoms. The van der Waals surface area contributed by atoms with Crippen LogP contribution in [0.3, 0.4) is 0 Å². The van der Waals surface area contributed by atoms with Gasteiger partial charge in [-0.25, -0.2) is 0 Å². The van der Waals surface area contributed by atoms with Gasteiger partial charge >= 0.3 is 25.4 Å². The van der Waals surface area contributed by atoms with E-state index < -0.39 is 6.67 Å². The zero-order valence-electron chi connectivity index (χ0n) is 2.03. The van der Waals surface area contributed by atoms with Crippen LogP contribution in [0.15, 0.2) is 0 Å². The van der Waals surface area contributed by atoms with Gasteiger partial charge in [0, 0.05) is 0 Å². The number of hydrogen-bond acceptors (Lipinski definition) is 0. The molecule has 0 bridgehead atoms. The van der Waals surface area contributed by atoms with E-state index in [1.807, 2.05) is 5.63 Å².